The summed E-state index contributed by atoms with van der Waals surface area (Å²) in [4.78, 5) is 43.7. The van der Waals surface area contributed by atoms with Crippen molar-refractivity contribution >= 4 is 33.6 Å². The average Bonchev–Trinajstić information content (AvgIpc) is 3.13. The van der Waals surface area contributed by atoms with E-state index in [1.54, 1.807) is 33.4 Å². The standard InChI is InChI=1S/C25H13N9O2/c1-32-24(35)18-19(25(32)36)31-23-22(30-18)33(14-8-4-2-5-9-14)20-21(29-17(13-27)16(12-26)28-20)34(23)15-10-6-3-7-11-15/h2-11H,1H3. The molecule has 0 aliphatic heterocycles. The predicted molar refractivity (Wildman–Crippen MR) is 130 cm³/mol. The highest BCUT2D eigenvalue weighted by Gasteiger charge is 2.24. The van der Waals surface area contributed by atoms with Crippen LogP contribution in [0.3, 0.4) is 0 Å². The molecule has 170 valence electrons. The minimum absolute atomic E-state index is 0.0826. The van der Waals surface area contributed by atoms with Gasteiger partial charge in [0.2, 0.25) is 0 Å². The van der Waals surface area contributed by atoms with Crippen molar-refractivity contribution in [3.05, 3.63) is 92.8 Å². The minimum atomic E-state index is -0.570. The van der Waals surface area contributed by atoms with Crippen molar-refractivity contribution in [1.82, 2.24) is 33.6 Å². The van der Waals surface area contributed by atoms with Gasteiger partial charge < -0.3 is 0 Å². The van der Waals surface area contributed by atoms with Crippen LogP contribution >= 0.6 is 0 Å². The molecule has 0 fully saturated rings. The van der Waals surface area contributed by atoms with Crippen LogP contribution < -0.4 is 11.1 Å². The first kappa shape index (κ1) is 20.9. The summed E-state index contributed by atoms with van der Waals surface area (Å²) in [6.07, 6.45) is 0. The maximum atomic E-state index is 12.8. The topological polar surface area (TPSA) is 148 Å². The van der Waals surface area contributed by atoms with Gasteiger partial charge in [0.15, 0.2) is 45.0 Å². The zero-order valence-corrected chi connectivity index (χ0v) is 18.6. The van der Waals surface area contributed by atoms with Crippen molar-refractivity contribution < 1.29 is 0 Å². The maximum absolute atomic E-state index is 12.8. The molecule has 2 aromatic carbocycles. The smallest absolute Gasteiger partial charge is 0.275 e. The van der Waals surface area contributed by atoms with Crippen molar-refractivity contribution in [3.8, 4) is 23.5 Å². The molecule has 0 bridgehead atoms. The van der Waals surface area contributed by atoms with Crippen LogP contribution in [-0.4, -0.2) is 33.6 Å². The van der Waals surface area contributed by atoms with E-state index in [1.807, 2.05) is 48.5 Å². The van der Waals surface area contributed by atoms with Gasteiger partial charge in [-0.1, -0.05) is 36.4 Å². The first-order valence-corrected chi connectivity index (χ1v) is 10.7. The van der Waals surface area contributed by atoms with Crippen LogP contribution in [0.15, 0.2) is 70.3 Å². The van der Waals surface area contributed by atoms with Crippen LogP contribution in [0.5, 0.6) is 0 Å². The Labute approximate surface area is 201 Å². The molecule has 4 heterocycles. The number of aromatic nitrogens is 7. The van der Waals surface area contributed by atoms with Gasteiger partial charge in [-0.15, -0.1) is 0 Å². The molecule has 0 spiro atoms. The van der Waals surface area contributed by atoms with Gasteiger partial charge in [0.25, 0.3) is 11.1 Å². The zero-order valence-electron chi connectivity index (χ0n) is 18.6. The second-order valence-electron chi connectivity index (χ2n) is 7.87. The Hall–Kier alpha value is -5.68. The lowest BCUT2D eigenvalue weighted by Crippen LogP contribution is -2.21. The molecule has 11 heteroatoms. The molecule has 0 radical (unpaired) electrons. The number of fused-ring (bicyclic) bond motifs is 3. The van der Waals surface area contributed by atoms with Crippen LogP contribution in [0.25, 0.3) is 45.0 Å². The summed E-state index contributed by atoms with van der Waals surface area (Å²) in [5.41, 5.74) is 0.457. The molecule has 0 atom stereocenters. The first-order chi connectivity index (χ1) is 17.5. The molecule has 6 aromatic rings. The Kier molecular flexibility index (Phi) is 4.46. The lowest BCUT2D eigenvalue weighted by Gasteiger charge is -2.19. The van der Waals surface area contributed by atoms with Crippen molar-refractivity contribution in [2.75, 3.05) is 0 Å². The molecule has 0 aliphatic rings. The maximum Gasteiger partial charge on any atom is 0.281 e. The van der Waals surface area contributed by atoms with Crippen molar-refractivity contribution in [2.45, 2.75) is 0 Å². The van der Waals surface area contributed by atoms with E-state index in [-0.39, 0.29) is 45.0 Å². The molecular weight excluding hydrogens is 458 g/mol. The van der Waals surface area contributed by atoms with Gasteiger partial charge in [-0.05, 0) is 24.3 Å². The van der Waals surface area contributed by atoms with E-state index in [0.29, 0.717) is 11.4 Å². The van der Waals surface area contributed by atoms with E-state index in [4.69, 9.17) is 0 Å². The molecule has 0 aliphatic carbocycles. The summed E-state index contributed by atoms with van der Waals surface area (Å²) < 4.78 is 4.19. The number of hydrogen-bond acceptors (Lipinski definition) is 8. The Morgan fingerprint density at radius 2 is 0.972 bits per heavy atom. The van der Waals surface area contributed by atoms with E-state index >= 15 is 0 Å². The van der Waals surface area contributed by atoms with E-state index in [1.165, 1.54) is 7.05 Å². The Morgan fingerprint density at radius 3 is 1.33 bits per heavy atom. The molecule has 0 saturated heterocycles. The Morgan fingerprint density at radius 1 is 0.611 bits per heavy atom. The lowest BCUT2D eigenvalue weighted by atomic mass is 10.2. The third-order valence-corrected chi connectivity index (χ3v) is 5.82. The van der Waals surface area contributed by atoms with Crippen LogP contribution in [0.4, 0.5) is 0 Å². The second-order valence-corrected chi connectivity index (χ2v) is 7.87. The molecular formula is C25H13N9O2. The first-order valence-electron chi connectivity index (χ1n) is 10.7. The van der Waals surface area contributed by atoms with Gasteiger partial charge in [0.1, 0.15) is 12.1 Å². The van der Waals surface area contributed by atoms with Crippen molar-refractivity contribution in [3.63, 3.8) is 0 Å². The number of benzene rings is 2. The molecule has 6 rings (SSSR count). The van der Waals surface area contributed by atoms with Crippen molar-refractivity contribution in [2.24, 2.45) is 7.05 Å². The van der Waals surface area contributed by atoms with Gasteiger partial charge in [-0.25, -0.2) is 19.9 Å². The van der Waals surface area contributed by atoms with Gasteiger partial charge in [-0.3, -0.25) is 23.3 Å². The minimum Gasteiger partial charge on any atom is -0.275 e. The van der Waals surface area contributed by atoms with E-state index in [2.05, 4.69) is 19.9 Å². The Bertz CT molecular complexity index is 1910. The van der Waals surface area contributed by atoms with Crippen LogP contribution in [-0.2, 0) is 7.05 Å². The van der Waals surface area contributed by atoms with Crippen LogP contribution in [0.2, 0.25) is 0 Å². The summed E-state index contributed by atoms with van der Waals surface area (Å²) in [5.74, 6) is 0. The number of nitrogens with zero attached hydrogens (tertiary/aromatic N) is 9. The van der Waals surface area contributed by atoms with Gasteiger partial charge >= 0.3 is 0 Å². The quantitative estimate of drug-likeness (QED) is 0.349. The second kappa shape index (κ2) is 7.68. The Balaban J connectivity index is 1.98. The molecule has 4 aromatic heterocycles. The fourth-order valence-corrected chi connectivity index (χ4v) is 4.14. The summed E-state index contributed by atoms with van der Waals surface area (Å²) >= 11 is 0. The predicted octanol–water partition coefficient (Wildman–Crippen LogP) is 2.11. The molecule has 0 N–H and O–H groups in total. The third kappa shape index (κ3) is 2.84. The number of rotatable bonds is 2. The normalized spacial score (nSPS) is 11.1. The number of hydrogen-bond donors (Lipinski definition) is 0. The third-order valence-electron chi connectivity index (χ3n) is 5.82. The number of nitriles is 2. The molecule has 0 saturated carbocycles. The van der Waals surface area contributed by atoms with Crippen LogP contribution in [0.1, 0.15) is 11.4 Å². The monoisotopic (exact) mass is 471 g/mol. The molecule has 0 unspecified atom stereocenters. The SMILES string of the molecule is Cn1c(=O)c2nc3c(nc2c1=O)n(-c1ccccc1)c1nc(C#N)c(C#N)nc1n3-c1ccccc1. The fourth-order valence-electron chi connectivity index (χ4n) is 4.14. The number of para-hydroxylation sites is 2. The van der Waals surface area contributed by atoms with E-state index < -0.39 is 11.1 Å². The van der Waals surface area contributed by atoms with Gasteiger partial charge in [0, 0.05) is 18.4 Å². The van der Waals surface area contributed by atoms with E-state index in [9.17, 15) is 20.1 Å². The van der Waals surface area contributed by atoms with E-state index in [0.717, 1.165) is 4.57 Å². The summed E-state index contributed by atoms with van der Waals surface area (Å²) in [6.45, 7) is 0. The fraction of sp³-hybridized carbons (Fsp3) is 0.0400. The summed E-state index contributed by atoms with van der Waals surface area (Å²) in [5, 5.41) is 19.3. The zero-order chi connectivity index (χ0) is 25.0. The average molecular weight is 471 g/mol. The van der Waals surface area contributed by atoms with Gasteiger partial charge in [0.05, 0.1) is 0 Å². The molecule has 0 amide bonds. The largest absolute Gasteiger partial charge is 0.281 e. The molecule has 11 nitrogen and oxygen atoms in total. The van der Waals surface area contributed by atoms with Crippen LogP contribution in [0, 0.1) is 22.7 Å². The molecule has 36 heavy (non-hydrogen) atoms. The summed E-state index contributed by atoms with van der Waals surface area (Å²) in [7, 11) is 1.37. The van der Waals surface area contributed by atoms with Crippen molar-refractivity contribution in [1.29, 1.82) is 10.5 Å². The lowest BCUT2D eigenvalue weighted by molar-refractivity contribution is 0.854. The highest BCUT2D eigenvalue weighted by molar-refractivity contribution is 5.90. The highest BCUT2D eigenvalue weighted by Crippen LogP contribution is 2.28. The highest BCUT2D eigenvalue weighted by atomic mass is 16.2. The summed E-state index contributed by atoms with van der Waals surface area (Å²) in [6, 6.07) is 21.9. The van der Waals surface area contributed by atoms with Gasteiger partial charge in [-0.2, -0.15) is 10.5 Å².